The van der Waals surface area contributed by atoms with Crippen molar-refractivity contribution in [3.05, 3.63) is 34.2 Å². The average Bonchev–Trinajstić information content (AvgIpc) is 2.45. The Morgan fingerprint density at radius 3 is 2.69 bits per heavy atom. The third kappa shape index (κ3) is 1.30. The van der Waals surface area contributed by atoms with Crippen molar-refractivity contribution in [3.8, 4) is 0 Å². The Bertz CT molecular complexity index is 604. The number of aromatic nitrogens is 1. The van der Waals surface area contributed by atoms with Crippen molar-refractivity contribution >= 4 is 28.5 Å². The van der Waals surface area contributed by atoms with Crippen LogP contribution >= 0.6 is 11.6 Å². The first-order valence-electron chi connectivity index (χ1n) is 4.61. The fourth-order valence-electron chi connectivity index (χ4n) is 1.97. The van der Waals surface area contributed by atoms with Crippen LogP contribution in [0.4, 0.5) is 4.39 Å². The van der Waals surface area contributed by atoms with Crippen LogP contribution in [0, 0.1) is 12.7 Å². The summed E-state index contributed by atoms with van der Waals surface area (Å²) in [6.07, 6.45) is 0. The van der Waals surface area contributed by atoms with Crippen molar-refractivity contribution in [2.24, 2.45) is 7.05 Å². The van der Waals surface area contributed by atoms with Gasteiger partial charge in [0.15, 0.2) is 5.82 Å². The van der Waals surface area contributed by atoms with Gasteiger partial charge in [0.05, 0.1) is 10.5 Å². The Labute approximate surface area is 96.1 Å². The highest BCUT2D eigenvalue weighted by atomic mass is 35.5. The number of benzene rings is 1. The molecule has 3 nitrogen and oxygen atoms in total. The highest BCUT2D eigenvalue weighted by Crippen LogP contribution is 2.30. The van der Waals surface area contributed by atoms with E-state index in [2.05, 4.69) is 0 Å². The first-order chi connectivity index (χ1) is 7.45. The molecular formula is C11H9ClFNO2. The number of carboxylic acid groups (broad SMARTS) is 1. The number of carbonyl (C=O) groups is 1. The number of aryl methyl sites for hydroxylation is 2. The Hall–Kier alpha value is -1.55. The van der Waals surface area contributed by atoms with E-state index >= 15 is 0 Å². The molecule has 16 heavy (non-hydrogen) atoms. The van der Waals surface area contributed by atoms with Gasteiger partial charge in [0.2, 0.25) is 0 Å². The van der Waals surface area contributed by atoms with E-state index in [1.807, 2.05) is 0 Å². The number of nitrogens with zero attached hydrogens (tertiary/aromatic N) is 1. The number of aromatic carboxylic acids is 1. The standard InChI is InChI=1S/C11H9ClFNO2/c1-5-8-7(4-3-6(12)9(8)13)14(2)10(5)11(15)16/h3-4H,1-2H3,(H,15,16). The summed E-state index contributed by atoms with van der Waals surface area (Å²) < 4.78 is 15.2. The molecule has 1 aromatic heterocycles. The molecule has 0 atom stereocenters. The van der Waals surface area contributed by atoms with Gasteiger partial charge in [0, 0.05) is 12.4 Å². The Kier molecular flexibility index (Phi) is 2.39. The van der Waals surface area contributed by atoms with Gasteiger partial charge in [-0.3, -0.25) is 0 Å². The van der Waals surface area contributed by atoms with E-state index in [9.17, 15) is 9.18 Å². The van der Waals surface area contributed by atoms with Gasteiger partial charge in [-0.05, 0) is 24.6 Å². The minimum atomic E-state index is -1.08. The summed E-state index contributed by atoms with van der Waals surface area (Å²) in [6.45, 7) is 1.57. The second-order valence-electron chi connectivity index (χ2n) is 3.59. The van der Waals surface area contributed by atoms with E-state index in [0.717, 1.165) is 0 Å². The number of fused-ring (bicyclic) bond motifs is 1. The fraction of sp³-hybridized carbons (Fsp3) is 0.182. The molecule has 1 heterocycles. The van der Waals surface area contributed by atoms with Gasteiger partial charge < -0.3 is 9.67 Å². The average molecular weight is 242 g/mol. The topological polar surface area (TPSA) is 42.2 Å². The molecule has 2 rings (SSSR count). The van der Waals surface area contributed by atoms with Crippen molar-refractivity contribution in [1.82, 2.24) is 4.57 Å². The molecule has 0 aliphatic rings. The highest BCUT2D eigenvalue weighted by Gasteiger charge is 2.20. The molecule has 0 bridgehead atoms. The molecule has 0 unspecified atom stereocenters. The lowest BCUT2D eigenvalue weighted by Gasteiger charge is -1.99. The van der Waals surface area contributed by atoms with Gasteiger partial charge in [-0.1, -0.05) is 11.6 Å². The predicted molar refractivity (Wildman–Crippen MR) is 59.6 cm³/mol. The third-order valence-corrected chi connectivity index (χ3v) is 2.99. The minimum absolute atomic E-state index is 0.00172. The zero-order valence-electron chi connectivity index (χ0n) is 8.71. The van der Waals surface area contributed by atoms with Crippen LogP contribution in [0.5, 0.6) is 0 Å². The summed E-state index contributed by atoms with van der Waals surface area (Å²) in [4.78, 5) is 11.0. The van der Waals surface area contributed by atoms with Gasteiger partial charge >= 0.3 is 5.97 Å². The summed E-state index contributed by atoms with van der Waals surface area (Å²) in [6, 6.07) is 3.03. The van der Waals surface area contributed by atoms with Crippen LogP contribution in [0.2, 0.25) is 5.02 Å². The van der Waals surface area contributed by atoms with Gasteiger partial charge in [-0.25, -0.2) is 9.18 Å². The molecular weight excluding hydrogens is 233 g/mol. The summed E-state index contributed by atoms with van der Waals surface area (Å²) in [7, 11) is 1.59. The molecule has 0 fully saturated rings. The molecule has 0 saturated carbocycles. The van der Waals surface area contributed by atoms with E-state index in [0.29, 0.717) is 11.1 Å². The van der Waals surface area contributed by atoms with Crippen LogP contribution in [-0.4, -0.2) is 15.6 Å². The monoisotopic (exact) mass is 241 g/mol. The largest absolute Gasteiger partial charge is 0.477 e. The van der Waals surface area contributed by atoms with Crippen molar-refractivity contribution in [2.75, 3.05) is 0 Å². The predicted octanol–water partition coefficient (Wildman–Crippen LogP) is 2.98. The molecule has 5 heteroatoms. The van der Waals surface area contributed by atoms with Gasteiger partial charge in [0.25, 0.3) is 0 Å². The van der Waals surface area contributed by atoms with E-state index in [1.54, 1.807) is 20.0 Å². The molecule has 0 aliphatic heterocycles. The Balaban J connectivity index is 3.00. The summed E-state index contributed by atoms with van der Waals surface area (Å²) >= 11 is 5.67. The second-order valence-corrected chi connectivity index (χ2v) is 4.00. The molecule has 2 aromatic rings. The van der Waals surface area contributed by atoms with Crippen LogP contribution in [0.3, 0.4) is 0 Å². The van der Waals surface area contributed by atoms with Crippen molar-refractivity contribution in [1.29, 1.82) is 0 Å². The maximum Gasteiger partial charge on any atom is 0.352 e. The van der Waals surface area contributed by atoms with Crippen LogP contribution in [0.25, 0.3) is 10.9 Å². The zero-order valence-corrected chi connectivity index (χ0v) is 9.47. The smallest absolute Gasteiger partial charge is 0.352 e. The van der Waals surface area contributed by atoms with Crippen LogP contribution in [0.1, 0.15) is 16.1 Å². The molecule has 1 aromatic carbocycles. The van der Waals surface area contributed by atoms with Gasteiger partial charge in [-0.2, -0.15) is 0 Å². The van der Waals surface area contributed by atoms with E-state index < -0.39 is 11.8 Å². The van der Waals surface area contributed by atoms with Crippen LogP contribution in [0.15, 0.2) is 12.1 Å². The SMILES string of the molecule is Cc1c(C(=O)O)n(C)c2ccc(Cl)c(F)c12. The minimum Gasteiger partial charge on any atom is -0.477 e. The molecule has 0 spiro atoms. The number of hydrogen-bond donors (Lipinski definition) is 1. The molecule has 0 aliphatic carbocycles. The maximum absolute atomic E-state index is 13.8. The fourth-order valence-corrected chi connectivity index (χ4v) is 2.13. The maximum atomic E-state index is 13.8. The first-order valence-corrected chi connectivity index (χ1v) is 4.99. The molecule has 0 saturated heterocycles. The quantitative estimate of drug-likeness (QED) is 0.834. The van der Waals surface area contributed by atoms with Crippen molar-refractivity contribution in [2.45, 2.75) is 6.92 Å². The summed E-state index contributed by atoms with van der Waals surface area (Å²) in [5.74, 6) is -1.65. The summed E-state index contributed by atoms with van der Waals surface area (Å²) in [5, 5.41) is 9.30. The van der Waals surface area contributed by atoms with Crippen LogP contribution in [-0.2, 0) is 7.05 Å². The van der Waals surface area contributed by atoms with E-state index in [1.165, 1.54) is 10.6 Å². The number of hydrogen-bond acceptors (Lipinski definition) is 1. The highest BCUT2D eigenvalue weighted by molar-refractivity contribution is 6.31. The van der Waals surface area contributed by atoms with Gasteiger partial charge in [0.1, 0.15) is 5.69 Å². The van der Waals surface area contributed by atoms with Gasteiger partial charge in [-0.15, -0.1) is 0 Å². The lowest BCUT2D eigenvalue weighted by atomic mass is 10.1. The number of carboxylic acids is 1. The lowest BCUT2D eigenvalue weighted by molar-refractivity contribution is 0.0686. The molecule has 0 amide bonds. The van der Waals surface area contributed by atoms with E-state index in [4.69, 9.17) is 16.7 Å². The van der Waals surface area contributed by atoms with E-state index in [-0.39, 0.29) is 16.1 Å². The number of rotatable bonds is 1. The number of halogens is 2. The molecule has 0 radical (unpaired) electrons. The van der Waals surface area contributed by atoms with Crippen molar-refractivity contribution < 1.29 is 14.3 Å². The Morgan fingerprint density at radius 2 is 2.12 bits per heavy atom. The zero-order chi connectivity index (χ0) is 12.0. The Morgan fingerprint density at radius 1 is 1.50 bits per heavy atom. The molecule has 84 valence electrons. The van der Waals surface area contributed by atoms with Crippen molar-refractivity contribution in [3.63, 3.8) is 0 Å². The summed E-state index contributed by atoms with van der Waals surface area (Å²) in [5.41, 5.74) is 0.998. The van der Waals surface area contributed by atoms with Crippen LogP contribution < -0.4 is 0 Å². The second kappa shape index (κ2) is 3.49. The first kappa shape index (κ1) is 11.0. The lowest BCUT2D eigenvalue weighted by Crippen LogP contribution is -2.05. The third-order valence-electron chi connectivity index (χ3n) is 2.70. The normalized spacial score (nSPS) is 11.0. The molecule has 1 N–H and O–H groups in total.